The fraction of sp³-hybridized carbons (Fsp3) is 0.793. The summed E-state index contributed by atoms with van der Waals surface area (Å²) in [6.45, 7) is 3.69. The van der Waals surface area contributed by atoms with Gasteiger partial charge in [-0.25, -0.2) is 0 Å². The Morgan fingerprint density at radius 1 is 0.385 bits per heavy atom. The van der Waals surface area contributed by atoms with Gasteiger partial charge >= 0.3 is 0 Å². The first-order valence-electron chi connectivity index (χ1n) is 39.0. The van der Waals surface area contributed by atoms with E-state index in [2.05, 4.69) is 104 Å². The monoisotopic (exact) mass is 1270 g/mol. The number of allylic oxidation sites excluding steroid dienone is 15. The van der Waals surface area contributed by atoms with Crippen molar-refractivity contribution in [2.75, 3.05) is 13.2 Å². The molecule has 0 aromatic heterocycles. The van der Waals surface area contributed by atoms with Crippen LogP contribution in [0.1, 0.15) is 361 Å². The van der Waals surface area contributed by atoms with Crippen LogP contribution in [0.15, 0.2) is 97.2 Å². The minimum absolute atomic E-state index is 0.186. The van der Waals surface area contributed by atoms with Gasteiger partial charge in [0.2, 0.25) is 5.91 Å². The molecule has 0 aromatic carbocycles. The number of carbonyl (C=O) groups excluding carboxylic acids is 1. The van der Waals surface area contributed by atoms with Gasteiger partial charge in [0.1, 0.15) is 24.4 Å². The first kappa shape index (κ1) is 86.1. The number of carbonyl (C=O) groups is 1. The largest absolute Gasteiger partial charge is 0.394 e. The van der Waals surface area contributed by atoms with Crippen molar-refractivity contribution in [3.05, 3.63) is 97.2 Å². The molecule has 0 spiro atoms. The van der Waals surface area contributed by atoms with Crippen molar-refractivity contribution < 1.29 is 39.8 Å². The molecule has 91 heavy (non-hydrogen) atoms. The fourth-order valence-corrected chi connectivity index (χ4v) is 12.1. The molecule has 0 saturated carbocycles. The fourth-order valence-electron chi connectivity index (χ4n) is 12.1. The maximum Gasteiger partial charge on any atom is 0.220 e. The molecule has 1 aliphatic rings. The molecule has 1 aliphatic heterocycles. The van der Waals surface area contributed by atoms with Gasteiger partial charge in [0.05, 0.1) is 25.4 Å². The van der Waals surface area contributed by atoms with E-state index in [1.54, 1.807) is 6.08 Å². The van der Waals surface area contributed by atoms with E-state index in [1.807, 2.05) is 6.08 Å². The van der Waals surface area contributed by atoms with Gasteiger partial charge < -0.3 is 40.3 Å². The Morgan fingerprint density at radius 3 is 1.05 bits per heavy atom. The van der Waals surface area contributed by atoms with Crippen molar-refractivity contribution in [2.45, 2.75) is 403 Å². The van der Waals surface area contributed by atoms with Gasteiger partial charge in [-0.1, -0.05) is 361 Å². The zero-order chi connectivity index (χ0) is 65.7. The van der Waals surface area contributed by atoms with Crippen LogP contribution in [-0.4, -0.2) is 87.5 Å². The molecule has 1 amide bonds. The van der Waals surface area contributed by atoms with Gasteiger partial charge in [0.15, 0.2) is 6.29 Å². The standard InChI is InChI=1S/C82H147NO8/c1-3-5-7-9-11-13-15-17-19-21-23-25-27-29-31-33-34-35-36-37-38-39-40-41-42-44-46-48-50-52-54-56-58-60-62-64-66-68-70-72-78(86)83-75(74-90-82-81(89)80(88)79(87)77(73-84)91-82)76(85)71-69-67-65-63-61-59-57-55-53-51-49-47-45-43-32-30-28-26-24-22-20-18-16-14-12-10-8-6-4-2/h5,7,11,13,17,19,23,25,29,31,53,55,61,63,69,71,75-77,79-82,84-85,87-89H,3-4,6,8-10,12,14-16,18,20-22,24,26-28,30,32-52,54,56-60,62,64-68,70,72-74H2,1-2H3,(H,83,86)/b7-5-,13-11-,19-17-,25-23-,31-29-,55-53+,63-61+,71-69+. The number of nitrogens with one attached hydrogen (secondary N) is 1. The highest BCUT2D eigenvalue weighted by Crippen LogP contribution is 2.23. The van der Waals surface area contributed by atoms with Crippen LogP contribution in [0.25, 0.3) is 0 Å². The van der Waals surface area contributed by atoms with E-state index in [0.29, 0.717) is 6.42 Å². The molecule has 7 unspecified atom stereocenters. The van der Waals surface area contributed by atoms with E-state index < -0.39 is 49.5 Å². The highest BCUT2D eigenvalue weighted by molar-refractivity contribution is 5.76. The number of hydrogen-bond donors (Lipinski definition) is 6. The zero-order valence-electron chi connectivity index (χ0n) is 59.3. The summed E-state index contributed by atoms with van der Waals surface area (Å²) in [6.07, 6.45) is 95.5. The van der Waals surface area contributed by atoms with Crippen LogP contribution in [-0.2, 0) is 14.3 Å². The van der Waals surface area contributed by atoms with Crippen LogP contribution in [0.3, 0.4) is 0 Å². The molecular formula is C82H147NO8. The number of rotatable bonds is 68. The van der Waals surface area contributed by atoms with Gasteiger partial charge in [0.25, 0.3) is 0 Å². The Hall–Kier alpha value is -2.89. The van der Waals surface area contributed by atoms with Crippen molar-refractivity contribution in [3.63, 3.8) is 0 Å². The van der Waals surface area contributed by atoms with E-state index >= 15 is 0 Å². The SMILES string of the molecule is CC/C=C\C/C=C\C/C=C\C/C=C\C/C=C\CCCCCCCCCCCCCCCCCCCCCCCCCC(=O)NC(COC1OC(CO)C(O)C(O)C1O)C(O)/C=C/CC/C=C/CC/C=C/CCCCCCCCCCCCCCCCCCCCC. The molecule has 1 saturated heterocycles. The molecular weight excluding hydrogens is 1130 g/mol. The van der Waals surface area contributed by atoms with Crippen molar-refractivity contribution >= 4 is 5.91 Å². The predicted octanol–water partition coefficient (Wildman–Crippen LogP) is 22.2. The molecule has 9 nitrogen and oxygen atoms in total. The zero-order valence-corrected chi connectivity index (χ0v) is 59.3. The van der Waals surface area contributed by atoms with E-state index in [-0.39, 0.29) is 12.5 Å². The maximum absolute atomic E-state index is 13.2. The van der Waals surface area contributed by atoms with Crippen molar-refractivity contribution in [1.82, 2.24) is 5.32 Å². The highest BCUT2D eigenvalue weighted by atomic mass is 16.7. The second-order valence-electron chi connectivity index (χ2n) is 26.8. The first-order valence-corrected chi connectivity index (χ1v) is 39.0. The second-order valence-corrected chi connectivity index (χ2v) is 26.8. The number of aliphatic hydroxyl groups is 5. The third-order valence-electron chi connectivity index (χ3n) is 18.1. The van der Waals surface area contributed by atoms with Gasteiger partial charge in [-0.2, -0.15) is 0 Å². The van der Waals surface area contributed by atoms with Gasteiger partial charge in [-0.15, -0.1) is 0 Å². The number of amides is 1. The lowest BCUT2D eigenvalue weighted by molar-refractivity contribution is -0.302. The molecule has 0 aromatic rings. The molecule has 1 rings (SSSR count). The number of hydrogen-bond acceptors (Lipinski definition) is 8. The van der Waals surface area contributed by atoms with Gasteiger partial charge in [-0.05, 0) is 89.9 Å². The van der Waals surface area contributed by atoms with Crippen LogP contribution >= 0.6 is 0 Å². The Kier molecular flexibility index (Phi) is 66.2. The van der Waals surface area contributed by atoms with Crippen molar-refractivity contribution in [1.29, 1.82) is 0 Å². The van der Waals surface area contributed by atoms with E-state index in [4.69, 9.17) is 9.47 Å². The second kappa shape index (κ2) is 69.9. The van der Waals surface area contributed by atoms with Crippen molar-refractivity contribution in [2.24, 2.45) is 0 Å². The minimum atomic E-state index is -1.58. The summed E-state index contributed by atoms with van der Waals surface area (Å²) in [4.78, 5) is 13.2. The van der Waals surface area contributed by atoms with Crippen LogP contribution < -0.4 is 5.32 Å². The predicted molar refractivity (Wildman–Crippen MR) is 391 cm³/mol. The molecule has 0 bridgehead atoms. The summed E-state index contributed by atoms with van der Waals surface area (Å²) in [6, 6.07) is -0.833. The molecule has 0 aliphatic carbocycles. The number of unbranched alkanes of at least 4 members (excludes halogenated alkanes) is 44. The van der Waals surface area contributed by atoms with E-state index in [0.717, 1.165) is 77.0 Å². The summed E-state index contributed by atoms with van der Waals surface area (Å²) in [7, 11) is 0. The molecule has 9 heteroatoms. The van der Waals surface area contributed by atoms with E-state index in [9.17, 15) is 30.3 Å². The van der Waals surface area contributed by atoms with Crippen LogP contribution in [0, 0.1) is 0 Å². The topological polar surface area (TPSA) is 149 Å². The minimum Gasteiger partial charge on any atom is -0.394 e. The third kappa shape index (κ3) is 58.2. The number of ether oxygens (including phenoxy) is 2. The lowest BCUT2D eigenvalue weighted by atomic mass is 9.99. The molecule has 1 fully saturated rings. The average molecular weight is 1280 g/mol. The lowest BCUT2D eigenvalue weighted by Gasteiger charge is -2.40. The summed E-state index contributed by atoms with van der Waals surface area (Å²) < 4.78 is 11.3. The summed E-state index contributed by atoms with van der Waals surface area (Å²) in [5, 5.41) is 54.8. The van der Waals surface area contributed by atoms with Crippen LogP contribution in [0.2, 0.25) is 0 Å². The summed E-state index contributed by atoms with van der Waals surface area (Å²) in [5.41, 5.74) is 0. The Bertz CT molecular complexity index is 1770. The molecule has 1 heterocycles. The first-order chi connectivity index (χ1) is 44.8. The summed E-state index contributed by atoms with van der Waals surface area (Å²) in [5.74, 6) is -0.186. The molecule has 6 N–H and O–H groups in total. The summed E-state index contributed by atoms with van der Waals surface area (Å²) >= 11 is 0. The Morgan fingerprint density at radius 2 is 0.692 bits per heavy atom. The van der Waals surface area contributed by atoms with Gasteiger partial charge in [-0.3, -0.25) is 4.79 Å². The lowest BCUT2D eigenvalue weighted by Crippen LogP contribution is -2.60. The van der Waals surface area contributed by atoms with E-state index in [1.165, 1.54) is 263 Å². The highest BCUT2D eigenvalue weighted by Gasteiger charge is 2.44. The Balaban J connectivity index is 2.09. The molecule has 7 atom stereocenters. The third-order valence-corrected chi connectivity index (χ3v) is 18.1. The molecule has 0 radical (unpaired) electrons. The number of aliphatic hydroxyl groups excluding tert-OH is 5. The maximum atomic E-state index is 13.2. The quantitative estimate of drug-likeness (QED) is 0.0261. The van der Waals surface area contributed by atoms with Crippen LogP contribution in [0.5, 0.6) is 0 Å². The van der Waals surface area contributed by atoms with Crippen molar-refractivity contribution in [3.8, 4) is 0 Å². The van der Waals surface area contributed by atoms with Gasteiger partial charge in [0, 0.05) is 6.42 Å². The normalized spacial score (nSPS) is 18.3. The Labute approximate surface area is 562 Å². The average Bonchev–Trinajstić information content (AvgIpc) is 1.33. The smallest absolute Gasteiger partial charge is 0.220 e. The molecule has 528 valence electrons. The van der Waals surface area contributed by atoms with Crippen LogP contribution in [0.4, 0.5) is 0 Å².